The van der Waals surface area contributed by atoms with Crippen molar-refractivity contribution in [2.24, 2.45) is 0 Å². The van der Waals surface area contributed by atoms with Gasteiger partial charge in [0, 0.05) is 12.7 Å². The number of hydrogen-bond donors (Lipinski definition) is 0. The van der Waals surface area contributed by atoms with E-state index in [1.807, 2.05) is 58.0 Å². The predicted octanol–water partition coefficient (Wildman–Crippen LogP) is 3.32. The summed E-state index contributed by atoms with van der Waals surface area (Å²) in [7, 11) is 1.67. The number of benzene rings is 1. The first kappa shape index (κ1) is 12.2. The maximum atomic E-state index is 5.94. The molecule has 0 heterocycles. The summed E-state index contributed by atoms with van der Waals surface area (Å²) in [4.78, 5) is 0. The van der Waals surface area contributed by atoms with E-state index in [4.69, 9.17) is 9.47 Å². The van der Waals surface area contributed by atoms with Crippen molar-refractivity contribution in [2.45, 2.75) is 39.1 Å². The van der Waals surface area contributed by atoms with Gasteiger partial charge < -0.3 is 9.47 Å². The number of rotatable bonds is 3. The fourth-order valence-corrected chi connectivity index (χ4v) is 1.54. The lowest BCUT2D eigenvalue weighted by molar-refractivity contribution is -0.265. The van der Waals surface area contributed by atoms with E-state index in [1.165, 1.54) is 0 Å². The normalized spacial score (nSPS) is 16.1. The molecule has 1 rings (SSSR count). The van der Waals surface area contributed by atoms with Crippen LogP contribution in [-0.4, -0.2) is 12.7 Å². The molecule has 2 nitrogen and oxygen atoms in total. The van der Waals surface area contributed by atoms with Gasteiger partial charge in [0.25, 0.3) is 0 Å². The van der Waals surface area contributed by atoms with E-state index in [0.717, 1.165) is 5.56 Å². The van der Waals surface area contributed by atoms with E-state index >= 15 is 0 Å². The van der Waals surface area contributed by atoms with Crippen molar-refractivity contribution in [1.82, 2.24) is 0 Å². The third kappa shape index (κ3) is 3.33. The molecular weight excluding hydrogens is 188 g/mol. The second-order valence-electron chi connectivity index (χ2n) is 4.73. The SMILES string of the molecule is COC(C)(OC(C)(C)C)c1ccccc1. The summed E-state index contributed by atoms with van der Waals surface area (Å²) in [6.07, 6.45) is 0. The first-order valence-electron chi connectivity index (χ1n) is 5.18. The van der Waals surface area contributed by atoms with Crippen molar-refractivity contribution in [1.29, 1.82) is 0 Å². The summed E-state index contributed by atoms with van der Waals surface area (Å²) in [6.45, 7) is 8.00. The topological polar surface area (TPSA) is 18.5 Å². The highest BCUT2D eigenvalue weighted by Gasteiger charge is 2.32. The van der Waals surface area contributed by atoms with Gasteiger partial charge in [0.2, 0.25) is 0 Å². The molecule has 1 unspecified atom stereocenters. The van der Waals surface area contributed by atoms with E-state index in [9.17, 15) is 0 Å². The van der Waals surface area contributed by atoms with Gasteiger partial charge in [0.05, 0.1) is 5.60 Å². The Bertz CT molecular complexity index is 300. The molecule has 0 radical (unpaired) electrons. The van der Waals surface area contributed by atoms with Crippen molar-refractivity contribution in [3.05, 3.63) is 35.9 Å². The van der Waals surface area contributed by atoms with E-state index < -0.39 is 5.79 Å². The smallest absolute Gasteiger partial charge is 0.192 e. The Kier molecular flexibility index (Phi) is 3.53. The minimum absolute atomic E-state index is 0.236. The van der Waals surface area contributed by atoms with Crippen LogP contribution in [0.1, 0.15) is 33.3 Å². The van der Waals surface area contributed by atoms with Crippen LogP contribution < -0.4 is 0 Å². The van der Waals surface area contributed by atoms with Gasteiger partial charge in [-0.05, 0) is 27.7 Å². The third-order valence-electron chi connectivity index (χ3n) is 2.19. The lowest BCUT2D eigenvalue weighted by Crippen LogP contribution is -2.36. The summed E-state index contributed by atoms with van der Waals surface area (Å²) in [5, 5.41) is 0. The zero-order valence-electron chi connectivity index (χ0n) is 10.2. The summed E-state index contributed by atoms with van der Waals surface area (Å²) in [6, 6.07) is 9.97. The molecule has 15 heavy (non-hydrogen) atoms. The van der Waals surface area contributed by atoms with E-state index in [1.54, 1.807) is 7.11 Å². The highest BCUT2D eigenvalue weighted by atomic mass is 16.7. The van der Waals surface area contributed by atoms with Crippen LogP contribution in [0.25, 0.3) is 0 Å². The highest BCUT2D eigenvalue weighted by Crippen LogP contribution is 2.30. The molecule has 0 aliphatic heterocycles. The van der Waals surface area contributed by atoms with Gasteiger partial charge in [-0.15, -0.1) is 0 Å². The van der Waals surface area contributed by atoms with E-state index in [2.05, 4.69) is 0 Å². The monoisotopic (exact) mass is 208 g/mol. The molecule has 0 aliphatic rings. The lowest BCUT2D eigenvalue weighted by atomic mass is 10.1. The zero-order valence-corrected chi connectivity index (χ0v) is 10.2. The Morgan fingerprint density at radius 3 is 1.87 bits per heavy atom. The molecule has 0 bridgehead atoms. The van der Waals surface area contributed by atoms with Gasteiger partial charge in [-0.3, -0.25) is 0 Å². The third-order valence-corrected chi connectivity index (χ3v) is 2.19. The van der Waals surface area contributed by atoms with Gasteiger partial charge >= 0.3 is 0 Å². The molecule has 1 atom stereocenters. The molecule has 1 aromatic rings. The maximum Gasteiger partial charge on any atom is 0.192 e. The Hall–Kier alpha value is -0.860. The average molecular weight is 208 g/mol. The van der Waals surface area contributed by atoms with Crippen LogP contribution in [-0.2, 0) is 15.3 Å². The van der Waals surface area contributed by atoms with Crippen LogP contribution >= 0.6 is 0 Å². The second-order valence-corrected chi connectivity index (χ2v) is 4.73. The van der Waals surface area contributed by atoms with Crippen LogP contribution in [0.3, 0.4) is 0 Å². The summed E-state index contributed by atoms with van der Waals surface area (Å²) >= 11 is 0. The molecule has 0 saturated heterocycles. The second kappa shape index (κ2) is 4.33. The molecule has 2 heteroatoms. The molecule has 0 N–H and O–H groups in total. The van der Waals surface area contributed by atoms with Gasteiger partial charge in [0.15, 0.2) is 5.79 Å². The maximum absolute atomic E-state index is 5.94. The fourth-order valence-electron chi connectivity index (χ4n) is 1.54. The van der Waals surface area contributed by atoms with Crippen LogP contribution in [0, 0.1) is 0 Å². The summed E-state index contributed by atoms with van der Waals surface area (Å²) in [5.74, 6) is -0.681. The molecule has 1 aromatic carbocycles. The zero-order chi connectivity index (χ0) is 11.5. The first-order chi connectivity index (χ1) is 6.87. The average Bonchev–Trinajstić information content (AvgIpc) is 2.16. The molecule has 0 fully saturated rings. The van der Waals surface area contributed by atoms with Gasteiger partial charge in [-0.25, -0.2) is 0 Å². The molecule has 0 saturated carbocycles. The van der Waals surface area contributed by atoms with Crippen LogP contribution in [0.2, 0.25) is 0 Å². The fraction of sp³-hybridized carbons (Fsp3) is 0.538. The number of methoxy groups -OCH3 is 1. The van der Waals surface area contributed by atoms with E-state index in [0.29, 0.717) is 0 Å². The molecule has 0 aromatic heterocycles. The molecule has 0 spiro atoms. The first-order valence-corrected chi connectivity index (χ1v) is 5.18. The Morgan fingerprint density at radius 2 is 1.47 bits per heavy atom. The van der Waals surface area contributed by atoms with Crippen LogP contribution in [0.15, 0.2) is 30.3 Å². The van der Waals surface area contributed by atoms with Crippen molar-refractivity contribution in [2.75, 3.05) is 7.11 Å². The van der Waals surface area contributed by atoms with Crippen LogP contribution in [0.4, 0.5) is 0 Å². The molecule has 84 valence electrons. The Labute approximate surface area is 92.2 Å². The van der Waals surface area contributed by atoms with Crippen molar-refractivity contribution in [3.63, 3.8) is 0 Å². The minimum atomic E-state index is -0.681. The molecule has 0 aliphatic carbocycles. The molecule has 0 amide bonds. The van der Waals surface area contributed by atoms with Gasteiger partial charge in [0.1, 0.15) is 0 Å². The summed E-state index contributed by atoms with van der Waals surface area (Å²) in [5.41, 5.74) is 0.795. The van der Waals surface area contributed by atoms with E-state index in [-0.39, 0.29) is 5.60 Å². The van der Waals surface area contributed by atoms with Crippen LogP contribution in [0.5, 0.6) is 0 Å². The largest absolute Gasteiger partial charge is 0.349 e. The predicted molar refractivity (Wildman–Crippen MR) is 61.6 cm³/mol. The number of ether oxygens (including phenoxy) is 2. The van der Waals surface area contributed by atoms with Crippen molar-refractivity contribution >= 4 is 0 Å². The van der Waals surface area contributed by atoms with Gasteiger partial charge in [-0.2, -0.15) is 0 Å². The Balaban J connectivity index is 2.96. The summed E-state index contributed by atoms with van der Waals surface area (Å²) < 4.78 is 11.4. The van der Waals surface area contributed by atoms with Crippen molar-refractivity contribution in [3.8, 4) is 0 Å². The minimum Gasteiger partial charge on any atom is -0.349 e. The molecular formula is C13H20O2. The van der Waals surface area contributed by atoms with Gasteiger partial charge in [-0.1, -0.05) is 30.3 Å². The Morgan fingerprint density at radius 1 is 0.933 bits per heavy atom. The quantitative estimate of drug-likeness (QED) is 0.709. The lowest BCUT2D eigenvalue weighted by Gasteiger charge is -2.35. The standard InChI is InChI=1S/C13H20O2/c1-12(2,3)15-13(4,14-5)11-9-7-6-8-10-11/h6-10H,1-5H3. The number of hydrogen-bond acceptors (Lipinski definition) is 2. The highest BCUT2D eigenvalue weighted by molar-refractivity contribution is 5.19. The van der Waals surface area contributed by atoms with Crippen molar-refractivity contribution < 1.29 is 9.47 Å².